The largest absolute Gasteiger partial charge is 0.497 e. The van der Waals surface area contributed by atoms with E-state index in [9.17, 15) is 18.0 Å². The molecule has 0 aromatic heterocycles. The van der Waals surface area contributed by atoms with Gasteiger partial charge in [0.15, 0.2) is 0 Å². The molecule has 40 heavy (non-hydrogen) atoms. The molecule has 0 fully saturated rings. The first kappa shape index (κ1) is 30.7. The number of aryl methyl sites for hydroxylation is 1. The number of para-hydroxylation sites is 1. The van der Waals surface area contributed by atoms with Gasteiger partial charge in [0.2, 0.25) is 11.8 Å². The lowest BCUT2D eigenvalue weighted by atomic mass is 10.1. The Hall–Kier alpha value is -3.85. The molecule has 3 aromatic carbocycles. The number of unbranched alkanes of at least 4 members (excludes halogenated alkanes) is 1. The number of rotatable bonds is 14. The number of sulfonamides is 1. The number of carbonyl (C=O) groups excluding carboxylic acids is 2. The van der Waals surface area contributed by atoms with Crippen LogP contribution in [0.1, 0.15) is 44.2 Å². The number of methoxy groups -OCH3 is 1. The van der Waals surface area contributed by atoms with Crippen molar-refractivity contribution < 1.29 is 22.7 Å². The van der Waals surface area contributed by atoms with E-state index in [0.29, 0.717) is 30.0 Å². The Balaban J connectivity index is 2.03. The van der Waals surface area contributed by atoms with Gasteiger partial charge in [0.05, 0.1) is 17.7 Å². The number of anilines is 1. The first-order valence-electron chi connectivity index (χ1n) is 13.6. The van der Waals surface area contributed by atoms with Crippen molar-refractivity contribution in [2.75, 3.05) is 24.5 Å². The molecule has 9 heteroatoms. The van der Waals surface area contributed by atoms with E-state index >= 15 is 0 Å². The van der Waals surface area contributed by atoms with Crippen LogP contribution in [0.4, 0.5) is 5.69 Å². The van der Waals surface area contributed by atoms with Gasteiger partial charge in [0.1, 0.15) is 18.3 Å². The lowest BCUT2D eigenvalue weighted by Crippen LogP contribution is -2.52. The van der Waals surface area contributed by atoms with Crippen LogP contribution in [-0.2, 0) is 26.2 Å². The molecule has 0 unspecified atom stereocenters. The normalized spacial score (nSPS) is 11.9. The molecule has 0 aliphatic carbocycles. The quantitative estimate of drug-likeness (QED) is 0.280. The highest BCUT2D eigenvalue weighted by atomic mass is 32.2. The van der Waals surface area contributed by atoms with Crippen molar-refractivity contribution in [3.63, 3.8) is 0 Å². The molecule has 214 valence electrons. The molecule has 0 saturated carbocycles. The molecule has 0 bridgehead atoms. The average Bonchev–Trinajstić information content (AvgIpc) is 2.97. The number of nitrogens with one attached hydrogen (secondary N) is 1. The molecular weight excluding hydrogens is 526 g/mol. The topological polar surface area (TPSA) is 96.0 Å². The fraction of sp³-hybridized carbons (Fsp3) is 0.355. The predicted molar refractivity (Wildman–Crippen MR) is 158 cm³/mol. The summed E-state index contributed by atoms with van der Waals surface area (Å²) in [5.41, 5.74) is 1.91. The zero-order valence-electron chi connectivity index (χ0n) is 23.7. The molecule has 0 radical (unpaired) electrons. The molecule has 0 saturated heterocycles. The number of benzene rings is 3. The molecular formula is C31H39N3O5S. The van der Waals surface area contributed by atoms with Gasteiger partial charge in [-0.05, 0) is 61.2 Å². The second kappa shape index (κ2) is 14.5. The Morgan fingerprint density at radius 1 is 0.925 bits per heavy atom. The lowest BCUT2D eigenvalue weighted by Gasteiger charge is -2.33. The van der Waals surface area contributed by atoms with E-state index < -0.39 is 28.5 Å². The summed E-state index contributed by atoms with van der Waals surface area (Å²) >= 11 is 0. The van der Waals surface area contributed by atoms with Gasteiger partial charge in [-0.25, -0.2) is 8.42 Å². The summed E-state index contributed by atoms with van der Waals surface area (Å²) in [5, 5.41) is 2.94. The van der Waals surface area contributed by atoms with Gasteiger partial charge in [-0.15, -0.1) is 0 Å². The lowest BCUT2D eigenvalue weighted by molar-refractivity contribution is -0.140. The molecule has 1 atom stereocenters. The van der Waals surface area contributed by atoms with Gasteiger partial charge in [-0.2, -0.15) is 0 Å². The monoisotopic (exact) mass is 565 g/mol. The van der Waals surface area contributed by atoms with Crippen molar-refractivity contribution in [2.24, 2.45) is 0 Å². The first-order valence-corrected chi connectivity index (χ1v) is 15.0. The zero-order chi connectivity index (χ0) is 29.1. The number of carbonyl (C=O) groups is 2. The van der Waals surface area contributed by atoms with Gasteiger partial charge in [-0.1, -0.05) is 68.8 Å². The van der Waals surface area contributed by atoms with Crippen molar-refractivity contribution in [3.05, 3.63) is 90.0 Å². The van der Waals surface area contributed by atoms with Crippen molar-refractivity contribution in [3.8, 4) is 5.75 Å². The van der Waals surface area contributed by atoms with E-state index in [0.717, 1.165) is 22.7 Å². The van der Waals surface area contributed by atoms with Crippen LogP contribution in [-0.4, -0.2) is 51.4 Å². The Bertz CT molecular complexity index is 1360. The van der Waals surface area contributed by atoms with Gasteiger partial charge in [0, 0.05) is 13.1 Å². The van der Waals surface area contributed by atoms with Crippen LogP contribution in [0.2, 0.25) is 0 Å². The van der Waals surface area contributed by atoms with Crippen LogP contribution in [0.5, 0.6) is 5.75 Å². The Morgan fingerprint density at radius 2 is 1.57 bits per heavy atom. The SMILES string of the molecule is CCCCNC(=O)[C@H](CC)N(Cc1ccc(OC)cc1)C(=O)CN(c1ccccc1C)S(=O)(=O)c1ccccc1. The molecule has 1 N–H and O–H groups in total. The molecule has 3 rings (SSSR count). The van der Waals surface area contributed by atoms with Gasteiger partial charge in [0.25, 0.3) is 10.0 Å². The fourth-order valence-electron chi connectivity index (χ4n) is 4.43. The summed E-state index contributed by atoms with van der Waals surface area (Å²) in [5.74, 6) is -0.0621. The summed E-state index contributed by atoms with van der Waals surface area (Å²) in [4.78, 5) is 28.9. The molecule has 3 aromatic rings. The summed E-state index contributed by atoms with van der Waals surface area (Å²) < 4.78 is 34.2. The Kier molecular flexibility index (Phi) is 11.1. The third-order valence-electron chi connectivity index (χ3n) is 6.72. The van der Waals surface area contributed by atoms with Gasteiger partial charge in [-0.3, -0.25) is 13.9 Å². The van der Waals surface area contributed by atoms with Gasteiger partial charge < -0.3 is 15.0 Å². The second-order valence-corrected chi connectivity index (χ2v) is 11.4. The maximum absolute atomic E-state index is 14.1. The van der Waals surface area contributed by atoms with Crippen LogP contribution in [0, 0.1) is 6.92 Å². The summed E-state index contributed by atoms with van der Waals surface area (Å²) in [6, 6.07) is 21.6. The van der Waals surface area contributed by atoms with E-state index in [2.05, 4.69) is 5.32 Å². The fourth-order valence-corrected chi connectivity index (χ4v) is 5.93. The second-order valence-electron chi connectivity index (χ2n) is 9.55. The minimum Gasteiger partial charge on any atom is -0.497 e. The van der Waals surface area contributed by atoms with E-state index in [-0.39, 0.29) is 17.3 Å². The smallest absolute Gasteiger partial charge is 0.264 e. The van der Waals surface area contributed by atoms with Crippen LogP contribution in [0.15, 0.2) is 83.8 Å². The Labute approximate surface area is 238 Å². The number of ether oxygens (including phenoxy) is 1. The van der Waals surface area contributed by atoms with Crippen molar-refractivity contribution in [2.45, 2.75) is 57.5 Å². The minimum absolute atomic E-state index is 0.0807. The van der Waals surface area contributed by atoms with E-state index in [4.69, 9.17) is 4.74 Å². The standard InChI is InChI=1S/C31H39N3O5S/c1-5-7-21-32-31(36)28(6-2)33(22-25-17-19-26(39-4)20-18-25)30(35)23-34(29-16-12-11-13-24(29)3)40(37,38)27-14-9-8-10-15-27/h8-20,28H,5-7,21-23H2,1-4H3,(H,32,36)/t28-/m0/s1. The van der Waals surface area contributed by atoms with Crippen LogP contribution in [0.3, 0.4) is 0 Å². The van der Waals surface area contributed by atoms with Crippen molar-refractivity contribution in [1.29, 1.82) is 0 Å². The molecule has 8 nitrogen and oxygen atoms in total. The van der Waals surface area contributed by atoms with Crippen molar-refractivity contribution >= 4 is 27.5 Å². The third kappa shape index (κ3) is 7.63. The van der Waals surface area contributed by atoms with E-state index in [1.54, 1.807) is 62.6 Å². The Morgan fingerprint density at radius 3 is 2.17 bits per heavy atom. The molecule has 0 heterocycles. The maximum Gasteiger partial charge on any atom is 0.264 e. The maximum atomic E-state index is 14.1. The number of amides is 2. The van der Waals surface area contributed by atoms with Crippen LogP contribution in [0.25, 0.3) is 0 Å². The van der Waals surface area contributed by atoms with Crippen LogP contribution < -0.4 is 14.4 Å². The zero-order valence-corrected chi connectivity index (χ0v) is 24.5. The van der Waals surface area contributed by atoms with E-state index in [1.807, 2.05) is 32.0 Å². The van der Waals surface area contributed by atoms with Gasteiger partial charge >= 0.3 is 0 Å². The van der Waals surface area contributed by atoms with E-state index in [1.165, 1.54) is 17.0 Å². The predicted octanol–water partition coefficient (Wildman–Crippen LogP) is 4.92. The highest BCUT2D eigenvalue weighted by molar-refractivity contribution is 7.92. The van der Waals surface area contributed by atoms with Crippen LogP contribution >= 0.6 is 0 Å². The van der Waals surface area contributed by atoms with Crippen molar-refractivity contribution in [1.82, 2.24) is 10.2 Å². The molecule has 0 aliphatic heterocycles. The summed E-state index contributed by atoms with van der Waals surface area (Å²) in [6.45, 7) is 5.87. The highest BCUT2D eigenvalue weighted by Crippen LogP contribution is 2.27. The highest BCUT2D eigenvalue weighted by Gasteiger charge is 2.34. The number of hydrogen-bond donors (Lipinski definition) is 1. The number of hydrogen-bond acceptors (Lipinski definition) is 5. The summed E-state index contributed by atoms with van der Waals surface area (Å²) in [7, 11) is -2.51. The minimum atomic E-state index is -4.09. The molecule has 0 spiro atoms. The molecule has 2 amide bonds. The number of nitrogens with zero attached hydrogens (tertiary/aromatic N) is 2. The summed E-state index contributed by atoms with van der Waals surface area (Å²) in [6.07, 6.45) is 2.12. The first-order chi connectivity index (χ1) is 19.2. The molecule has 0 aliphatic rings. The third-order valence-corrected chi connectivity index (χ3v) is 8.50. The average molecular weight is 566 g/mol.